The summed E-state index contributed by atoms with van der Waals surface area (Å²) in [5.74, 6) is 0.764. The number of anilines is 2. The zero-order valence-corrected chi connectivity index (χ0v) is 20.7. The Bertz CT molecular complexity index is 799. The first kappa shape index (κ1) is 27.1. The Morgan fingerprint density at radius 3 is 2.39 bits per heavy atom. The molecule has 0 bridgehead atoms. The second kappa shape index (κ2) is 15.8. The van der Waals surface area contributed by atoms with E-state index >= 15 is 0 Å². The Balaban J connectivity index is 0.000000720. The summed E-state index contributed by atoms with van der Waals surface area (Å²) in [5, 5.41) is 7.00. The highest BCUT2D eigenvalue weighted by Gasteiger charge is 2.22. The van der Waals surface area contributed by atoms with E-state index in [4.69, 9.17) is 9.84 Å². The van der Waals surface area contributed by atoms with Crippen LogP contribution in [0.25, 0.3) is 0 Å². The molecule has 0 saturated heterocycles. The highest BCUT2D eigenvalue weighted by Crippen LogP contribution is 2.44. The van der Waals surface area contributed by atoms with Crippen LogP contribution < -0.4 is 9.64 Å². The van der Waals surface area contributed by atoms with Gasteiger partial charge in [-0.25, -0.2) is 4.31 Å². The Morgan fingerprint density at radius 1 is 1.13 bits per heavy atom. The van der Waals surface area contributed by atoms with Crippen LogP contribution in [0, 0.1) is 0 Å². The molecule has 0 fully saturated rings. The standard InChI is InChI=1S/C19H20N2O2S2.C4H10.CH4O/c1-20-9-10-21(15-7-4-3-5-8-15)16-13-19(24-2)17(14-18(16)25-20)23-12-6-11-22;1-3-4-2;1-2/h3-8,11-14H,9-10H2,1-2H3;3-4H2,1-2H3;2H,1H3/b12-6+;;. The summed E-state index contributed by atoms with van der Waals surface area (Å²) in [6, 6.07) is 14.7. The van der Waals surface area contributed by atoms with Crippen molar-refractivity contribution in [2.75, 3.05) is 38.4 Å². The Morgan fingerprint density at radius 2 is 1.81 bits per heavy atom. The van der Waals surface area contributed by atoms with E-state index in [9.17, 15) is 4.79 Å². The molecule has 0 aliphatic carbocycles. The van der Waals surface area contributed by atoms with E-state index in [0.717, 1.165) is 35.7 Å². The van der Waals surface area contributed by atoms with Crippen molar-refractivity contribution in [3.63, 3.8) is 0 Å². The maximum Gasteiger partial charge on any atom is 0.145 e. The lowest BCUT2D eigenvalue weighted by Crippen LogP contribution is -2.24. The van der Waals surface area contributed by atoms with Crippen molar-refractivity contribution < 1.29 is 14.6 Å². The molecule has 1 N–H and O–H groups in total. The van der Waals surface area contributed by atoms with Gasteiger partial charge in [-0.1, -0.05) is 44.9 Å². The summed E-state index contributed by atoms with van der Waals surface area (Å²) >= 11 is 3.35. The first-order valence-corrected chi connectivity index (χ1v) is 12.3. The third kappa shape index (κ3) is 8.61. The van der Waals surface area contributed by atoms with Crippen molar-refractivity contribution >= 4 is 41.4 Å². The number of benzene rings is 2. The zero-order chi connectivity index (χ0) is 23.1. The number of hydrogen-bond donors (Lipinski definition) is 1. The van der Waals surface area contributed by atoms with Crippen molar-refractivity contribution in [3.05, 3.63) is 54.8 Å². The number of aliphatic hydroxyl groups is 1. The van der Waals surface area contributed by atoms with Crippen LogP contribution in [0.4, 0.5) is 11.4 Å². The number of rotatable bonds is 6. The Labute approximate surface area is 195 Å². The summed E-state index contributed by atoms with van der Waals surface area (Å²) < 4.78 is 7.90. The van der Waals surface area contributed by atoms with Crippen LogP contribution in [0.5, 0.6) is 5.75 Å². The Kier molecular flexibility index (Phi) is 13.8. The molecule has 0 aromatic heterocycles. The summed E-state index contributed by atoms with van der Waals surface area (Å²) in [5.41, 5.74) is 2.36. The molecular weight excluding hydrogens is 428 g/mol. The highest BCUT2D eigenvalue weighted by atomic mass is 32.2. The molecule has 1 aliphatic heterocycles. The Hall–Kier alpha value is -1.93. The molecule has 0 radical (unpaired) electrons. The summed E-state index contributed by atoms with van der Waals surface area (Å²) in [7, 11) is 3.10. The second-order valence-electron chi connectivity index (χ2n) is 6.48. The maximum atomic E-state index is 10.5. The van der Waals surface area contributed by atoms with Crippen molar-refractivity contribution in [1.82, 2.24) is 4.31 Å². The van der Waals surface area contributed by atoms with Crippen LogP contribution in [0.2, 0.25) is 0 Å². The van der Waals surface area contributed by atoms with Crippen LogP contribution in [-0.2, 0) is 4.79 Å². The van der Waals surface area contributed by atoms with Crippen LogP contribution in [0.1, 0.15) is 26.7 Å². The van der Waals surface area contributed by atoms with Crippen LogP contribution in [-0.4, -0.2) is 49.2 Å². The molecule has 170 valence electrons. The minimum absolute atomic E-state index is 0.710. The topological polar surface area (TPSA) is 53.0 Å². The predicted molar refractivity (Wildman–Crippen MR) is 135 cm³/mol. The van der Waals surface area contributed by atoms with E-state index in [0.29, 0.717) is 6.29 Å². The van der Waals surface area contributed by atoms with Gasteiger partial charge in [0.1, 0.15) is 12.0 Å². The molecule has 31 heavy (non-hydrogen) atoms. The lowest BCUT2D eigenvalue weighted by molar-refractivity contribution is -0.104. The largest absolute Gasteiger partial charge is 0.464 e. The molecule has 1 heterocycles. The average molecular weight is 463 g/mol. The van der Waals surface area contributed by atoms with E-state index in [1.807, 2.05) is 12.3 Å². The minimum Gasteiger partial charge on any atom is -0.464 e. The molecule has 3 rings (SSSR count). The van der Waals surface area contributed by atoms with Gasteiger partial charge in [0.05, 0.1) is 21.7 Å². The number of carbonyl (C=O) groups is 1. The quantitative estimate of drug-likeness (QED) is 0.186. The van der Waals surface area contributed by atoms with Gasteiger partial charge in [-0.05, 0) is 49.5 Å². The molecule has 0 saturated carbocycles. The van der Waals surface area contributed by atoms with E-state index in [2.05, 4.69) is 66.5 Å². The van der Waals surface area contributed by atoms with Gasteiger partial charge >= 0.3 is 0 Å². The van der Waals surface area contributed by atoms with Gasteiger partial charge in [-0.15, -0.1) is 11.8 Å². The van der Waals surface area contributed by atoms with E-state index in [-0.39, 0.29) is 0 Å². The molecule has 2 aromatic rings. The first-order chi connectivity index (χ1) is 15.1. The van der Waals surface area contributed by atoms with E-state index in [1.54, 1.807) is 23.7 Å². The van der Waals surface area contributed by atoms with Crippen molar-refractivity contribution in [2.45, 2.75) is 36.5 Å². The smallest absolute Gasteiger partial charge is 0.145 e. The van der Waals surface area contributed by atoms with Gasteiger partial charge < -0.3 is 14.7 Å². The molecule has 5 nitrogen and oxygen atoms in total. The number of nitrogens with zero attached hydrogens (tertiary/aromatic N) is 2. The number of aldehydes is 1. The second-order valence-corrected chi connectivity index (χ2v) is 8.58. The lowest BCUT2D eigenvalue weighted by Gasteiger charge is -2.25. The highest BCUT2D eigenvalue weighted by molar-refractivity contribution is 7.98. The van der Waals surface area contributed by atoms with Gasteiger partial charge in [0.15, 0.2) is 0 Å². The fourth-order valence-corrected chi connectivity index (χ4v) is 4.13. The SMILES string of the molecule is CCCC.CO.CSc1cc2c(cc1O/C=C/C=O)SN(C)CCN2c1ccccc1. The van der Waals surface area contributed by atoms with Crippen LogP contribution >= 0.6 is 23.7 Å². The van der Waals surface area contributed by atoms with Gasteiger partial charge in [-0.2, -0.15) is 0 Å². The fourth-order valence-electron chi connectivity index (χ4n) is 2.66. The summed E-state index contributed by atoms with van der Waals surface area (Å²) in [6.07, 6.45) is 8.16. The monoisotopic (exact) mass is 462 g/mol. The molecule has 7 heteroatoms. The van der Waals surface area contributed by atoms with Crippen molar-refractivity contribution in [1.29, 1.82) is 0 Å². The molecule has 0 spiro atoms. The lowest BCUT2D eigenvalue weighted by atomic mass is 10.2. The number of para-hydroxylation sites is 1. The number of carbonyl (C=O) groups excluding carboxylic acids is 1. The van der Waals surface area contributed by atoms with Crippen LogP contribution in [0.3, 0.4) is 0 Å². The van der Waals surface area contributed by atoms with Gasteiger partial charge in [0.2, 0.25) is 0 Å². The molecule has 0 atom stereocenters. The number of thioether (sulfide) groups is 1. The predicted octanol–water partition coefficient (Wildman–Crippen LogP) is 6.01. The number of likely N-dealkylation sites (N-methyl/N-ethyl adjacent to an activating group) is 1. The number of aliphatic hydroxyl groups excluding tert-OH is 1. The summed E-state index contributed by atoms with van der Waals surface area (Å²) in [6.45, 7) is 6.23. The van der Waals surface area contributed by atoms with E-state index < -0.39 is 0 Å². The number of allylic oxidation sites excluding steroid dienone is 1. The third-order valence-electron chi connectivity index (χ3n) is 4.35. The first-order valence-electron chi connectivity index (χ1n) is 10.3. The third-order valence-corrected chi connectivity index (χ3v) is 6.13. The molecule has 1 aliphatic rings. The van der Waals surface area contributed by atoms with Crippen LogP contribution in [0.15, 0.2) is 64.6 Å². The minimum atomic E-state index is 0.710. The molecule has 2 aromatic carbocycles. The van der Waals surface area contributed by atoms with Crippen molar-refractivity contribution in [3.8, 4) is 5.75 Å². The molecular formula is C24H34N2O3S2. The van der Waals surface area contributed by atoms with E-state index in [1.165, 1.54) is 36.6 Å². The number of hydrogen-bond acceptors (Lipinski definition) is 7. The molecule has 0 amide bonds. The number of fused-ring (bicyclic) bond motifs is 1. The van der Waals surface area contributed by atoms with Gasteiger partial charge in [0, 0.05) is 32.0 Å². The summed E-state index contributed by atoms with van der Waals surface area (Å²) in [4.78, 5) is 15.0. The number of ether oxygens (including phenoxy) is 1. The average Bonchev–Trinajstić information content (AvgIpc) is 2.98. The normalized spacial score (nSPS) is 13.3. The van der Waals surface area contributed by atoms with Gasteiger partial charge in [-0.3, -0.25) is 4.79 Å². The maximum absolute atomic E-state index is 10.5. The fraction of sp³-hybridized carbons (Fsp3) is 0.375. The zero-order valence-electron chi connectivity index (χ0n) is 19.1. The number of unbranched alkanes of at least 4 members (excludes halogenated alkanes) is 1. The van der Waals surface area contributed by atoms with Gasteiger partial charge in [0.25, 0.3) is 0 Å². The van der Waals surface area contributed by atoms with Crippen molar-refractivity contribution in [2.24, 2.45) is 0 Å². The molecule has 0 unspecified atom stereocenters.